The fourth-order valence-electron chi connectivity index (χ4n) is 0.678. The van der Waals surface area contributed by atoms with Crippen LogP contribution < -0.4 is 11.1 Å². The van der Waals surface area contributed by atoms with E-state index in [4.69, 9.17) is 27.4 Å². The van der Waals surface area contributed by atoms with Crippen LogP contribution >= 0.6 is 37.0 Å². The second-order valence-electron chi connectivity index (χ2n) is 2.40. The van der Waals surface area contributed by atoms with E-state index in [1.807, 2.05) is 6.92 Å². The van der Waals surface area contributed by atoms with Crippen LogP contribution in [0.2, 0.25) is 0 Å². The Morgan fingerprint density at radius 2 is 1.93 bits per heavy atom. The monoisotopic (exact) mass is 278 g/mol. The smallest absolute Gasteiger partial charge is 0.173 e. The molecule has 0 atom stereocenters. The Hall–Kier alpha value is 0.350. The predicted octanol–water partition coefficient (Wildman–Crippen LogP) is 0.759. The van der Waals surface area contributed by atoms with Gasteiger partial charge in [-0.3, -0.25) is 0 Å². The van der Waals surface area contributed by atoms with Crippen molar-refractivity contribution in [1.82, 2.24) is 5.32 Å². The Morgan fingerprint density at radius 3 is 2.47 bits per heavy atom. The summed E-state index contributed by atoms with van der Waals surface area (Å²) in [5, 5.41) is 3.65. The zero-order valence-corrected chi connectivity index (χ0v) is 11.3. The highest BCUT2D eigenvalue weighted by molar-refractivity contribution is 7.80. The summed E-state index contributed by atoms with van der Waals surface area (Å²) in [6.45, 7) is 5.71. The standard InChI is InChI=1S/C8H18N2O2S.2ClH/c1-2-10-7-8(13)12-6-5-11-4-3-9;;/h10H,2-7,9H2,1H3;2*1H. The van der Waals surface area contributed by atoms with Crippen molar-refractivity contribution in [1.29, 1.82) is 0 Å². The van der Waals surface area contributed by atoms with Crippen LogP contribution in [-0.4, -0.2) is 44.5 Å². The number of thiocarbonyl (C=S) groups is 1. The number of likely N-dealkylation sites (N-methyl/N-ethyl adjacent to an activating group) is 1. The van der Waals surface area contributed by atoms with Gasteiger partial charge in [0.2, 0.25) is 0 Å². The van der Waals surface area contributed by atoms with E-state index in [1.54, 1.807) is 0 Å². The minimum Gasteiger partial charge on any atom is -0.483 e. The summed E-state index contributed by atoms with van der Waals surface area (Å²) in [4.78, 5) is 0. The van der Waals surface area contributed by atoms with Gasteiger partial charge >= 0.3 is 0 Å². The molecule has 0 aromatic heterocycles. The summed E-state index contributed by atoms with van der Waals surface area (Å²) in [6.07, 6.45) is 0. The second kappa shape index (κ2) is 16.8. The van der Waals surface area contributed by atoms with Crippen LogP contribution in [0, 0.1) is 0 Å². The van der Waals surface area contributed by atoms with Gasteiger partial charge in [-0.05, 0) is 18.8 Å². The van der Waals surface area contributed by atoms with Gasteiger partial charge in [0.05, 0.1) is 19.8 Å². The molecule has 0 saturated heterocycles. The maximum atomic E-state index is 5.23. The van der Waals surface area contributed by atoms with E-state index >= 15 is 0 Å². The van der Waals surface area contributed by atoms with Crippen LogP contribution in [-0.2, 0) is 9.47 Å². The lowest BCUT2D eigenvalue weighted by atomic mass is 10.6. The quantitative estimate of drug-likeness (QED) is 0.507. The molecule has 3 N–H and O–H groups in total. The Labute approximate surface area is 109 Å². The first-order chi connectivity index (χ1) is 6.31. The zero-order chi connectivity index (χ0) is 9.94. The first-order valence-electron chi connectivity index (χ1n) is 4.45. The van der Waals surface area contributed by atoms with E-state index in [-0.39, 0.29) is 24.8 Å². The number of hydrogen-bond donors (Lipinski definition) is 2. The Kier molecular flexibility index (Phi) is 23.2. The molecule has 0 heterocycles. The molecule has 0 amide bonds. The lowest BCUT2D eigenvalue weighted by molar-refractivity contribution is 0.102. The topological polar surface area (TPSA) is 56.5 Å². The highest BCUT2D eigenvalue weighted by atomic mass is 35.5. The number of ether oxygens (including phenoxy) is 2. The molecule has 0 aliphatic heterocycles. The van der Waals surface area contributed by atoms with Crippen LogP contribution in [0.15, 0.2) is 0 Å². The number of hydrogen-bond acceptors (Lipinski definition) is 5. The van der Waals surface area contributed by atoms with Gasteiger partial charge in [0.1, 0.15) is 6.61 Å². The largest absolute Gasteiger partial charge is 0.483 e. The van der Waals surface area contributed by atoms with Crippen molar-refractivity contribution >= 4 is 42.1 Å². The van der Waals surface area contributed by atoms with Crippen LogP contribution in [0.4, 0.5) is 0 Å². The highest BCUT2D eigenvalue weighted by Gasteiger charge is 1.95. The van der Waals surface area contributed by atoms with E-state index in [1.165, 1.54) is 0 Å². The third-order valence-corrected chi connectivity index (χ3v) is 1.53. The molecule has 0 rings (SSSR count). The first-order valence-corrected chi connectivity index (χ1v) is 4.86. The third kappa shape index (κ3) is 17.0. The molecule has 7 heteroatoms. The SMILES string of the molecule is CCNCC(=S)OCCOCCN.Cl.Cl. The van der Waals surface area contributed by atoms with E-state index in [2.05, 4.69) is 5.32 Å². The normalized spacial score (nSPS) is 8.67. The zero-order valence-electron chi connectivity index (χ0n) is 8.86. The molecular weight excluding hydrogens is 259 g/mol. The summed E-state index contributed by atoms with van der Waals surface area (Å²) < 4.78 is 10.3. The number of nitrogens with one attached hydrogen (secondary N) is 1. The maximum absolute atomic E-state index is 5.23. The van der Waals surface area contributed by atoms with Gasteiger partial charge in [0, 0.05) is 6.54 Å². The van der Waals surface area contributed by atoms with Gasteiger partial charge in [-0.25, -0.2) is 0 Å². The Balaban J connectivity index is -0.000000720. The van der Waals surface area contributed by atoms with E-state index in [9.17, 15) is 0 Å². The van der Waals surface area contributed by atoms with Crippen molar-refractivity contribution in [2.75, 3.05) is 39.5 Å². The minimum atomic E-state index is 0. The van der Waals surface area contributed by atoms with E-state index < -0.39 is 0 Å². The van der Waals surface area contributed by atoms with Crippen molar-refractivity contribution < 1.29 is 9.47 Å². The van der Waals surface area contributed by atoms with Gasteiger partial charge in [0.15, 0.2) is 5.05 Å². The molecule has 0 bridgehead atoms. The van der Waals surface area contributed by atoms with Crippen molar-refractivity contribution in [2.24, 2.45) is 5.73 Å². The summed E-state index contributed by atoms with van der Waals surface area (Å²) in [5.74, 6) is 0. The number of rotatable bonds is 8. The Morgan fingerprint density at radius 1 is 1.27 bits per heavy atom. The maximum Gasteiger partial charge on any atom is 0.173 e. The van der Waals surface area contributed by atoms with Crippen molar-refractivity contribution in [2.45, 2.75) is 6.92 Å². The lowest BCUT2D eigenvalue weighted by Crippen LogP contribution is -2.24. The lowest BCUT2D eigenvalue weighted by Gasteiger charge is -2.07. The average Bonchev–Trinajstić information content (AvgIpc) is 2.14. The molecule has 15 heavy (non-hydrogen) atoms. The molecule has 0 spiro atoms. The summed E-state index contributed by atoms with van der Waals surface area (Å²) in [7, 11) is 0. The van der Waals surface area contributed by atoms with Gasteiger partial charge in [-0.15, -0.1) is 24.8 Å². The van der Waals surface area contributed by atoms with Gasteiger partial charge in [-0.1, -0.05) is 6.92 Å². The molecule has 4 nitrogen and oxygen atoms in total. The first kappa shape index (κ1) is 20.7. The summed E-state index contributed by atoms with van der Waals surface area (Å²) in [6, 6.07) is 0. The average molecular weight is 279 g/mol. The van der Waals surface area contributed by atoms with Crippen molar-refractivity contribution in [3.63, 3.8) is 0 Å². The third-order valence-electron chi connectivity index (χ3n) is 1.27. The number of nitrogens with two attached hydrogens (primary N) is 1. The molecule has 0 aliphatic rings. The van der Waals surface area contributed by atoms with Crippen molar-refractivity contribution in [3.05, 3.63) is 0 Å². The molecule has 94 valence electrons. The summed E-state index contributed by atoms with van der Waals surface area (Å²) >= 11 is 4.93. The molecule has 0 aromatic carbocycles. The molecule has 0 saturated carbocycles. The van der Waals surface area contributed by atoms with E-state index in [0.717, 1.165) is 6.54 Å². The van der Waals surface area contributed by atoms with Crippen LogP contribution in [0.5, 0.6) is 0 Å². The predicted molar refractivity (Wildman–Crippen MR) is 71.5 cm³/mol. The van der Waals surface area contributed by atoms with Gasteiger partial charge in [0.25, 0.3) is 0 Å². The van der Waals surface area contributed by atoms with Crippen LogP contribution in [0.1, 0.15) is 6.92 Å². The minimum absolute atomic E-state index is 0. The molecule has 0 fully saturated rings. The van der Waals surface area contributed by atoms with Gasteiger partial charge < -0.3 is 20.5 Å². The molecule has 0 unspecified atom stereocenters. The fourth-order valence-corrected chi connectivity index (χ4v) is 0.863. The molecular formula is C8H20Cl2N2O2S. The van der Waals surface area contributed by atoms with E-state index in [0.29, 0.717) is 38.0 Å². The van der Waals surface area contributed by atoms with Crippen molar-refractivity contribution in [3.8, 4) is 0 Å². The van der Waals surface area contributed by atoms with Gasteiger partial charge in [-0.2, -0.15) is 0 Å². The van der Waals surface area contributed by atoms with Crippen LogP contribution in [0.25, 0.3) is 0 Å². The molecule has 0 aromatic rings. The fraction of sp³-hybridized carbons (Fsp3) is 0.875. The Bertz CT molecular complexity index is 142. The summed E-state index contributed by atoms with van der Waals surface area (Å²) in [5.41, 5.74) is 5.23. The molecule has 0 radical (unpaired) electrons. The number of halogens is 2. The second-order valence-corrected chi connectivity index (χ2v) is 2.86. The van der Waals surface area contributed by atoms with Crippen LogP contribution in [0.3, 0.4) is 0 Å². The molecule has 0 aliphatic carbocycles. The highest BCUT2D eigenvalue weighted by Crippen LogP contribution is 1.82.